The molecule has 170 valence electrons. The second-order valence-electron chi connectivity index (χ2n) is 6.97. The summed E-state index contributed by atoms with van der Waals surface area (Å²) >= 11 is 3.19. The van der Waals surface area contributed by atoms with Crippen LogP contribution < -0.4 is 20.1 Å². The molecule has 3 aromatic rings. The first kappa shape index (κ1) is 23.8. The van der Waals surface area contributed by atoms with Crippen molar-refractivity contribution in [3.8, 4) is 11.5 Å². The fourth-order valence-corrected chi connectivity index (χ4v) is 4.27. The number of carbonyl (C=O) groups excluding carboxylic acids is 2. The van der Waals surface area contributed by atoms with Crippen molar-refractivity contribution in [2.24, 2.45) is 0 Å². The maximum atomic E-state index is 12.3. The summed E-state index contributed by atoms with van der Waals surface area (Å²) in [6, 6.07) is 13.1. The summed E-state index contributed by atoms with van der Waals surface area (Å²) in [5, 5.41) is 9.03. The lowest BCUT2D eigenvalue weighted by molar-refractivity contribution is -0.121. The molecule has 0 spiro atoms. The van der Waals surface area contributed by atoms with Crippen LogP contribution in [0.25, 0.3) is 0 Å². The molecule has 2 N–H and O–H groups in total. The van der Waals surface area contributed by atoms with Crippen molar-refractivity contribution in [2.75, 3.05) is 20.2 Å². The van der Waals surface area contributed by atoms with Crippen molar-refractivity contribution in [2.45, 2.75) is 26.6 Å². The molecule has 0 saturated carbocycles. The maximum absolute atomic E-state index is 12.3. The highest BCUT2D eigenvalue weighted by molar-refractivity contribution is 7.10. The van der Waals surface area contributed by atoms with Gasteiger partial charge in [-0.1, -0.05) is 25.1 Å². The number of urea groups is 1. The molecule has 7 nitrogen and oxygen atoms in total. The zero-order valence-electron chi connectivity index (χ0n) is 18.1. The van der Waals surface area contributed by atoms with E-state index in [0.717, 1.165) is 15.3 Å². The lowest BCUT2D eigenvalue weighted by atomic mass is 10.2. The quantitative estimate of drug-likeness (QED) is 0.435. The Kier molecular flexibility index (Phi) is 9.09. The minimum Gasteiger partial charge on any atom is -0.493 e. The first-order chi connectivity index (χ1) is 15.6. The van der Waals surface area contributed by atoms with E-state index in [4.69, 9.17) is 9.47 Å². The van der Waals surface area contributed by atoms with Crippen molar-refractivity contribution in [3.63, 3.8) is 0 Å². The number of methoxy groups -OCH3 is 1. The Morgan fingerprint density at radius 3 is 2.44 bits per heavy atom. The fraction of sp³-hybridized carbons (Fsp3) is 0.304. The number of rotatable bonds is 11. The van der Waals surface area contributed by atoms with Gasteiger partial charge in [0, 0.05) is 16.3 Å². The minimum atomic E-state index is -0.492. The molecular formula is C23H27N3O4S2. The number of nitrogens with zero attached hydrogens (tertiary/aromatic N) is 1. The summed E-state index contributed by atoms with van der Waals surface area (Å²) in [4.78, 5) is 28.4. The summed E-state index contributed by atoms with van der Waals surface area (Å²) < 4.78 is 11.4. The van der Waals surface area contributed by atoms with Gasteiger partial charge in [0.1, 0.15) is 6.61 Å². The molecule has 0 unspecified atom stereocenters. The van der Waals surface area contributed by atoms with Gasteiger partial charge in [0.2, 0.25) is 5.91 Å². The van der Waals surface area contributed by atoms with Crippen LogP contribution in [0, 0.1) is 0 Å². The predicted octanol–water partition coefficient (Wildman–Crippen LogP) is 4.25. The van der Waals surface area contributed by atoms with Crippen molar-refractivity contribution >= 4 is 34.6 Å². The average Bonchev–Trinajstić information content (AvgIpc) is 3.50. The van der Waals surface area contributed by atoms with Gasteiger partial charge in [-0.2, -0.15) is 0 Å². The highest BCUT2D eigenvalue weighted by Gasteiger charge is 2.14. The van der Waals surface area contributed by atoms with Crippen molar-refractivity contribution in [3.05, 3.63) is 68.5 Å². The fourth-order valence-electron chi connectivity index (χ4n) is 3.00. The number of likely N-dealkylation sites (N-methyl/N-ethyl adjacent to an activating group) is 1. The third kappa shape index (κ3) is 7.37. The number of amides is 3. The van der Waals surface area contributed by atoms with Gasteiger partial charge in [0.25, 0.3) is 0 Å². The van der Waals surface area contributed by atoms with Crippen LogP contribution in [0.1, 0.15) is 22.2 Å². The Morgan fingerprint density at radius 2 is 1.78 bits per heavy atom. The molecule has 2 heterocycles. The van der Waals surface area contributed by atoms with Crippen LogP contribution in [0.5, 0.6) is 11.5 Å². The van der Waals surface area contributed by atoms with E-state index in [1.807, 2.05) is 65.0 Å². The molecule has 9 heteroatoms. The van der Waals surface area contributed by atoms with E-state index in [1.54, 1.807) is 29.8 Å². The summed E-state index contributed by atoms with van der Waals surface area (Å²) in [6.07, 6.45) is 0. The zero-order valence-corrected chi connectivity index (χ0v) is 19.8. The first-order valence-electron chi connectivity index (χ1n) is 10.2. The molecule has 0 radical (unpaired) electrons. The molecule has 0 atom stereocenters. The van der Waals surface area contributed by atoms with Crippen molar-refractivity contribution < 1.29 is 19.1 Å². The highest BCUT2D eigenvalue weighted by atomic mass is 32.1. The molecule has 3 rings (SSSR count). The van der Waals surface area contributed by atoms with E-state index in [-0.39, 0.29) is 12.5 Å². The number of thiophene rings is 2. The average molecular weight is 474 g/mol. The Labute approximate surface area is 196 Å². The number of imide groups is 1. The van der Waals surface area contributed by atoms with E-state index >= 15 is 0 Å². The van der Waals surface area contributed by atoms with Gasteiger partial charge in [0.05, 0.1) is 20.2 Å². The van der Waals surface area contributed by atoms with Crippen LogP contribution in [-0.2, 0) is 24.5 Å². The molecule has 0 aliphatic rings. The SMILES string of the molecule is CCN(CC(=O)NC(=O)NCc1cccs1)Cc1ccc(OCc2cccs2)c(OC)c1. The molecule has 3 amide bonds. The number of hydrogen-bond acceptors (Lipinski definition) is 7. The van der Waals surface area contributed by atoms with E-state index in [1.165, 1.54) is 0 Å². The summed E-state index contributed by atoms with van der Waals surface area (Å²) in [5.41, 5.74) is 0.988. The van der Waals surface area contributed by atoms with Crippen LogP contribution in [0.3, 0.4) is 0 Å². The number of ether oxygens (including phenoxy) is 2. The lowest BCUT2D eigenvalue weighted by Gasteiger charge is -2.20. The molecule has 0 bridgehead atoms. The number of hydrogen-bond donors (Lipinski definition) is 2. The monoisotopic (exact) mass is 473 g/mol. The Bertz CT molecular complexity index is 991. The minimum absolute atomic E-state index is 0.113. The number of benzene rings is 1. The van der Waals surface area contributed by atoms with Crippen LogP contribution >= 0.6 is 22.7 Å². The van der Waals surface area contributed by atoms with E-state index in [2.05, 4.69) is 10.6 Å². The normalized spacial score (nSPS) is 10.7. The van der Waals surface area contributed by atoms with Gasteiger partial charge in [0.15, 0.2) is 11.5 Å². The van der Waals surface area contributed by atoms with Gasteiger partial charge in [-0.25, -0.2) is 4.79 Å². The topological polar surface area (TPSA) is 79.9 Å². The second-order valence-corrected chi connectivity index (χ2v) is 9.03. The second kappa shape index (κ2) is 12.2. The lowest BCUT2D eigenvalue weighted by Crippen LogP contribution is -2.44. The largest absolute Gasteiger partial charge is 0.493 e. The standard InChI is InChI=1S/C23H27N3O4S2/c1-3-26(15-22(27)25-23(28)24-13-18-6-4-10-31-18)14-17-8-9-20(21(12-17)29-2)30-16-19-7-5-11-32-19/h4-12H,3,13-16H2,1-2H3,(H2,24,25,27,28). The smallest absolute Gasteiger partial charge is 0.321 e. The molecule has 1 aromatic carbocycles. The summed E-state index contributed by atoms with van der Waals surface area (Å²) in [7, 11) is 1.61. The number of carbonyl (C=O) groups is 2. The predicted molar refractivity (Wildman–Crippen MR) is 127 cm³/mol. The number of nitrogens with one attached hydrogen (secondary N) is 2. The third-order valence-electron chi connectivity index (χ3n) is 4.65. The van der Waals surface area contributed by atoms with Gasteiger partial charge in [-0.15, -0.1) is 22.7 Å². The van der Waals surface area contributed by atoms with Crippen LogP contribution in [0.2, 0.25) is 0 Å². The molecule has 0 aliphatic heterocycles. The van der Waals surface area contributed by atoms with Crippen molar-refractivity contribution in [1.29, 1.82) is 0 Å². The molecule has 0 fully saturated rings. The van der Waals surface area contributed by atoms with Crippen LogP contribution in [-0.4, -0.2) is 37.0 Å². The van der Waals surface area contributed by atoms with E-state index in [0.29, 0.717) is 37.7 Å². The molecular weight excluding hydrogens is 446 g/mol. The van der Waals surface area contributed by atoms with E-state index in [9.17, 15) is 9.59 Å². The molecule has 0 saturated heterocycles. The third-order valence-corrected chi connectivity index (χ3v) is 6.38. The zero-order chi connectivity index (χ0) is 22.8. The Morgan fingerprint density at radius 1 is 1.03 bits per heavy atom. The molecule has 32 heavy (non-hydrogen) atoms. The Hall–Kier alpha value is -2.88. The van der Waals surface area contributed by atoms with Crippen LogP contribution in [0.15, 0.2) is 53.2 Å². The van der Waals surface area contributed by atoms with Gasteiger partial charge in [-0.05, 0) is 47.1 Å². The van der Waals surface area contributed by atoms with Gasteiger partial charge in [-0.3, -0.25) is 15.0 Å². The maximum Gasteiger partial charge on any atom is 0.321 e. The van der Waals surface area contributed by atoms with Crippen molar-refractivity contribution in [1.82, 2.24) is 15.5 Å². The van der Waals surface area contributed by atoms with Gasteiger partial charge < -0.3 is 14.8 Å². The Balaban J connectivity index is 1.50. The first-order valence-corrected chi connectivity index (χ1v) is 12.0. The summed E-state index contributed by atoms with van der Waals surface area (Å²) in [5.74, 6) is 0.971. The molecule has 2 aromatic heterocycles. The molecule has 0 aliphatic carbocycles. The van der Waals surface area contributed by atoms with Gasteiger partial charge >= 0.3 is 6.03 Å². The van der Waals surface area contributed by atoms with E-state index < -0.39 is 6.03 Å². The highest BCUT2D eigenvalue weighted by Crippen LogP contribution is 2.29. The summed E-state index contributed by atoms with van der Waals surface area (Å²) in [6.45, 7) is 4.17. The van der Waals surface area contributed by atoms with Crippen LogP contribution in [0.4, 0.5) is 4.79 Å².